The van der Waals surface area contributed by atoms with Crippen LogP contribution in [0.25, 0.3) is 21.3 Å². The Morgan fingerprint density at radius 3 is 2.63 bits per heavy atom. The Morgan fingerprint density at radius 2 is 1.85 bits per heavy atom. The molecule has 2 aromatic heterocycles. The zero-order chi connectivity index (χ0) is 28.1. The van der Waals surface area contributed by atoms with Crippen molar-refractivity contribution in [2.75, 3.05) is 13.1 Å². The van der Waals surface area contributed by atoms with Gasteiger partial charge in [-0.05, 0) is 61.5 Å². The predicted molar refractivity (Wildman–Crippen MR) is 165 cm³/mol. The second kappa shape index (κ2) is 10.9. The molecule has 2 unspecified atom stereocenters. The average molecular weight is 584 g/mol. The summed E-state index contributed by atoms with van der Waals surface area (Å²) < 4.78 is 0. The van der Waals surface area contributed by atoms with Crippen molar-refractivity contribution in [3.63, 3.8) is 0 Å². The number of nitrogens with one attached hydrogen (secondary N) is 1. The molecular weight excluding hydrogens is 551 g/mol. The highest BCUT2D eigenvalue weighted by Crippen LogP contribution is 2.41. The highest BCUT2D eigenvalue weighted by Gasteiger charge is 2.39. The lowest BCUT2D eigenvalue weighted by atomic mass is 9.89. The average Bonchev–Trinajstić information content (AvgIpc) is 3.54. The second-order valence-electron chi connectivity index (χ2n) is 11.4. The summed E-state index contributed by atoms with van der Waals surface area (Å²) >= 11 is 6.62. The molecule has 41 heavy (non-hydrogen) atoms. The number of hydrogen-bond acceptors (Lipinski definition) is 8. The van der Waals surface area contributed by atoms with E-state index in [-0.39, 0.29) is 23.2 Å². The van der Waals surface area contributed by atoms with E-state index in [4.69, 9.17) is 22.6 Å². The summed E-state index contributed by atoms with van der Waals surface area (Å²) in [5, 5.41) is 5.80. The topological polar surface area (TPSA) is 78.4 Å². The number of fused-ring (bicyclic) bond motifs is 2. The van der Waals surface area contributed by atoms with E-state index in [1.165, 1.54) is 38.9 Å². The number of amides is 2. The zero-order valence-corrected chi connectivity index (χ0v) is 24.8. The van der Waals surface area contributed by atoms with Gasteiger partial charge in [0.25, 0.3) is 0 Å². The van der Waals surface area contributed by atoms with Gasteiger partial charge in [0.1, 0.15) is 10.7 Å². The van der Waals surface area contributed by atoms with Crippen molar-refractivity contribution in [2.24, 2.45) is 0 Å². The Kier molecular flexibility index (Phi) is 7.15. The van der Waals surface area contributed by atoms with Gasteiger partial charge in [-0.25, -0.2) is 9.97 Å². The number of nitrogens with zero attached hydrogens (tertiary/aromatic N) is 4. The number of thiophene rings is 1. The highest BCUT2D eigenvalue weighted by molar-refractivity contribution is 7.80. The van der Waals surface area contributed by atoms with Crippen LogP contribution in [-0.2, 0) is 22.7 Å². The number of aryl methyl sites for hydroxylation is 1. The maximum absolute atomic E-state index is 12.5. The molecular formula is C32H33N5O2S2. The number of piperidine rings is 2. The van der Waals surface area contributed by atoms with Gasteiger partial charge in [0.05, 0.1) is 17.1 Å². The fourth-order valence-corrected chi connectivity index (χ4v) is 8.18. The molecule has 3 aliphatic rings. The summed E-state index contributed by atoms with van der Waals surface area (Å²) in [5.74, 6) is 0.875. The molecule has 1 N–H and O–H groups in total. The smallest absolute Gasteiger partial charge is 0.243 e. The van der Waals surface area contributed by atoms with Crippen LogP contribution in [0.2, 0.25) is 0 Å². The van der Waals surface area contributed by atoms with E-state index in [0.717, 1.165) is 43.1 Å². The number of thiol groups is 1. The molecule has 3 aliphatic heterocycles. The Labute approximate surface area is 249 Å². The number of benzene rings is 2. The van der Waals surface area contributed by atoms with E-state index in [1.54, 1.807) is 11.3 Å². The number of hydrogen-bond donors (Lipinski definition) is 2. The van der Waals surface area contributed by atoms with Gasteiger partial charge in [-0.2, -0.15) is 12.6 Å². The quantitative estimate of drug-likeness (QED) is 0.235. The van der Waals surface area contributed by atoms with Crippen LogP contribution in [0, 0.1) is 6.92 Å². The third-order valence-corrected chi connectivity index (χ3v) is 10.3. The van der Waals surface area contributed by atoms with Crippen molar-refractivity contribution in [1.82, 2.24) is 25.1 Å². The van der Waals surface area contributed by atoms with Crippen LogP contribution in [0.3, 0.4) is 0 Å². The molecule has 7 nitrogen and oxygen atoms in total. The Bertz CT molecular complexity index is 1630. The van der Waals surface area contributed by atoms with Crippen molar-refractivity contribution in [3.05, 3.63) is 82.1 Å². The molecule has 0 radical (unpaired) electrons. The molecule has 2 fully saturated rings. The first-order valence-electron chi connectivity index (χ1n) is 14.4. The summed E-state index contributed by atoms with van der Waals surface area (Å²) in [6.07, 6.45) is 3.07. The van der Waals surface area contributed by atoms with Crippen LogP contribution in [0.4, 0.5) is 0 Å². The molecule has 210 valence electrons. The van der Waals surface area contributed by atoms with Gasteiger partial charge in [-0.1, -0.05) is 48.5 Å². The number of carbonyl (C=O) groups is 2. The zero-order valence-electron chi connectivity index (χ0n) is 23.0. The molecule has 0 saturated carbocycles. The van der Waals surface area contributed by atoms with E-state index in [2.05, 4.69) is 69.0 Å². The SMILES string of the molecule is Cc1nc(C2CCN(Cc3ccc4c(c3)C(S)N(C3CCC(=O)NC3=O)C4)CC2)c2c(-c3ccccc3)csc2n1. The first-order valence-corrected chi connectivity index (χ1v) is 15.8. The van der Waals surface area contributed by atoms with Gasteiger partial charge < -0.3 is 0 Å². The minimum atomic E-state index is -0.312. The molecule has 0 bridgehead atoms. The number of aromatic nitrogens is 2. The van der Waals surface area contributed by atoms with Gasteiger partial charge in [-0.3, -0.25) is 24.7 Å². The van der Waals surface area contributed by atoms with Gasteiger partial charge >= 0.3 is 0 Å². The van der Waals surface area contributed by atoms with Crippen molar-refractivity contribution < 1.29 is 9.59 Å². The largest absolute Gasteiger partial charge is 0.299 e. The number of rotatable bonds is 5. The highest BCUT2D eigenvalue weighted by atomic mass is 32.1. The van der Waals surface area contributed by atoms with Crippen LogP contribution in [0.5, 0.6) is 0 Å². The van der Waals surface area contributed by atoms with E-state index in [9.17, 15) is 9.59 Å². The fourth-order valence-electron chi connectivity index (χ4n) is 6.70. The maximum atomic E-state index is 12.5. The normalized spacial score (nSPS) is 22.3. The summed E-state index contributed by atoms with van der Waals surface area (Å²) in [6.45, 7) is 5.62. The van der Waals surface area contributed by atoms with Crippen LogP contribution >= 0.6 is 24.0 Å². The van der Waals surface area contributed by atoms with Gasteiger partial charge in [0.15, 0.2) is 0 Å². The molecule has 5 heterocycles. The Hall–Kier alpha value is -3.11. The predicted octanol–water partition coefficient (Wildman–Crippen LogP) is 5.60. The number of imide groups is 1. The van der Waals surface area contributed by atoms with Gasteiger partial charge in [0.2, 0.25) is 11.8 Å². The Morgan fingerprint density at radius 1 is 1.05 bits per heavy atom. The monoisotopic (exact) mass is 583 g/mol. The number of carbonyl (C=O) groups excluding carboxylic acids is 2. The van der Waals surface area contributed by atoms with Crippen molar-refractivity contribution in [2.45, 2.75) is 63.0 Å². The third-order valence-electron chi connectivity index (χ3n) is 8.80. The number of likely N-dealkylation sites (tertiary alicyclic amines) is 1. The van der Waals surface area contributed by atoms with Crippen LogP contribution in [-0.4, -0.2) is 50.7 Å². The molecule has 4 aromatic rings. The second-order valence-corrected chi connectivity index (χ2v) is 12.8. The lowest BCUT2D eigenvalue weighted by Gasteiger charge is -2.32. The molecule has 0 spiro atoms. The standard InChI is InChI=1S/C32H33N5O2S2/c1-19-33-29(28-25(18-41-31(28)34-19)21-5-3-2-4-6-21)22-11-13-36(14-12-22)16-20-7-8-23-17-37(32(40)24(23)15-20)26-9-10-27(38)35-30(26)39/h2-8,15,18,22,26,32,40H,9-14,16-17H2,1H3,(H,35,38,39). The summed E-state index contributed by atoms with van der Waals surface area (Å²) in [6, 6.07) is 16.9. The van der Waals surface area contributed by atoms with E-state index in [1.807, 2.05) is 6.92 Å². The molecule has 9 heteroatoms. The van der Waals surface area contributed by atoms with E-state index < -0.39 is 0 Å². The molecule has 0 aliphatic carbocycles. The lowest BCUT2D eigenvalue weighted by molar-refractivity contribution is -0.137. The van der Waals surface area contributed by atoms with Crippen molar-refractivity contribution >= 4 is 46.0 Å². The molecule has 7 rings (SSSR count). The third kappa shape index (κ3) is 5.09. The fraction of sp³-hybridized carbons (Fsp3) is 0.375. The minimum Gasteiger partial charge on any atom is -0.299 e. The van der Waals surface area contributed by atoms with Crippen molar-refractivity contribution in [3.8, 4) is 11.1 Å². The summed E-state index contributed by atoms with van der Waals surface area (Å²) in [7, 11) is 0. The van der Waals surface area contributed by atoms with E-state index in [0.29, 0.717) is 25.3 Å². The molecule has 2 amide bonds. The van der Waals surface area contributed by atoms with Crippen LogP contribution in [0.15, 0.2) is 53.9 Å². The van der Waals surface area contributed by atoms with Crippen LogP contribution in [0.1, 0.15) is 65.2 Å². The summed E-state index contributed by atoms with van der Waals surface area (Å²) in [5.41, 5.74) is 7.33. The van der Waals surface area contributed by atoms with Gasteiger partial charge in [0, 0.05) is 41.8 Å². The van der Waals surface area contributed by atoms with E-state index >= 15 is 0 Å². The molecule has 2 saturated heterocycles. The van der Waals surface area contributed by atoms with Crippen molar-refractivity contribution in [1.29, 1.82) is 0 Å². The van der Waals surface area contributed by atoms with Gasteiger partial charge in [-0.15, -0.1) is 11.3 Å². The summed E-state index contributed by atoms with van der Waals surface area (Å²) in [4.78, 5) is 39.6. The minimum absolute atomic E-state index is 0.146. The van der Waals surface area contributed by atoms with Crippen LogP contribution < -0.4 is 5.32 Å². The maximum Gasteiger partial charge on any atom is 0.243 e. The molecule has 2 aromatic carbocycles. The first-order chi connectivity index (χ1) is 19.9. The lowest BCUT2D eigenvalue weighted by Crippen LogP contribution is -2.51. The first kappa shape index (κ1) is 26.8. The molecule has 2 atom stereocenters. The Balaban J connectivity index is 1.05.